The van der Waals surface area contributed by atoms with E-state index in [1.807, 2.05) is 0 Å². The van der Waals surface area contributed by atoms with Gasteiger partial charge in [0.15, 0.2) is 0 Å². The van der Waals surface area contributed by atoms with Gasteiger partial charge in [-0.15, -0.1) is 0 Å². The Labute approximate surface area is 112 Å². The van der Waals surface area contributed by atoms with E-state index in [2.05, 4.69) is 45.3 Å². The molecule has 1 aliphatic rings. The third-order valence-electron chi connectivity index (χ3n) is 3.36. The Bertz CT molecular complexity index is 273. The van der Waals surface area contributed by atoms with Crippen molar-refractivity contribution in [2.24, 2.45) is 5.41 Å². The maximum atomic E-state index is 12.0. The second-order valence-electron chi connectivity index (χ2n) is 7.55. The topological polar surface area (TPSA) is 41.1 Å². The summed E-state index contributed by atoms with van der Waals surface area (Å²) in [5, 5.41) is 6.22. The van der Waals surface area contributed by atoms with Gasteiger partial charge in [-0.1, -0.05) is 40.0 Å². The van der Waals surface area contributed by atoms with Crippen LogP contribution in [-0.4, -0.2) is 17.6 Å². The van der Waals surface area contributed by atoms with Gasteiger partial charge in [-0.3, -0.25) is 0 Å². The monoisotopic (exact) mass is 254 g/mol. The summed E-state index contributed by atoms with van der Waals surface area (Å²) in [6, 6.07) is 0.375. The van der Waals surface area contributed by atoms with E-state index in [9.17, 15) is 4.79 Å². The number of hydrogen-bond acceptors (Lipinski definition) is 1. The van der Waals surface area contributed by atoms with Crippen LogP contribution in [0.1, 0.15) is 73.1 Å². The molecule has 0 atom stereocenters. The fraction of sp³-hybridized carbons (Fsp3) is 0.933. The molecule has 2 amide bonds. The highest BCUT2D eigenvalue weighted by Gasteiger charge is 2.27. The van der Waals surface area contributed by atoms with E-state index in [-0.39, 0.29) is 17.0 Å². The highest BCUT2D eigenvalue weighted by Crippen LogP contribution is 2.26. The molecule has 2 N–H and O–H groups in total. The first-order chi connectivity index (χ1) is 8.18. The van der Waals surface area contributed by atoms with Crippen LogP contribution in [0, 0.1) is 5.41 Å². The number of carbonyl (C=O) groups is 1. The molecule has 0 radical (unpaired) electrons. The number of rotatable bonds is 3. The van der Waals surface area contributed by atoms with Gasteiger partial charge in [-0.25, -0.2) is 4.79 Å². The standard InChI is InChI=1S/C15H30N2O/c1-14(2,3)11-15(4,5)17-13(18)16-12-9-7-6-8-10-12/h12H,6-11H2,1-5H3,(H2,16,17,18). The number of nitrogens with one attached hydrogen (secondary N) is 2. The average Bonchev–Trinajstić information content (AvgIpc) is 2.13. The SMILES string of the molecule is CC(C)(C)CC(C)(C)NC(=O)NC1CCCCC1. The minimum absolute atomic E-state index is 0.00356. The Morgan fingerprint density at radius 3 is 2.11 bits per heavy atom. The van der Waals surface area contributed by atoms with Gasteiger partial charge in [0.25, 0.3) is 0 Å². The Hall–Kier alpha value is -0.730. The molecule has 3 nitrogen and oxygen atoms in total. The first-order valence-corrected chi connectivity index (χ1v) is 7.27. The molecule has 1 saturated carbocycles. The molecular weight excluding hydrogens is 224 g/mol. The summed E-state index contributed by atoms with van der Waals surface area (Å²) < 4.78 is 0. The third kappa shape index (κ3) is 6.27. The largest absolute Gasteiger partial charge is 0.335 e. The summed E-state index contributed by atoms with van der Waals surface area (Å²) in [6.45, 7) is 10.8. The van der Waals surface area contributed by atoms with E-state index in [1.165, 1.54) is 19.3 Å². The molecule has 106 valence electrons. The fourth-order valence-electron chi connectivity index (χ4n) is 3.15. The number of urea groups is 1. The normalized spacial score (nSPS) is 18.5. The molecule has 0 saturated heterocycles. The zero-order valence-corrected chi connectivity index (χ0v) is 12.7. The van der Waals surface area contributed by atoms with E-state index >= 15 is 0 Å². The summed E-state index contributed by atoms with van der Waals surface area (Å²) in [7, 11) is 0. The molecule has 1 fully saturated rings. The quantitative estimate of drug-likeness (QED) is 0.789. The number of amides is 2. The van der Waals surface area contributed by atoms with Crippen LogP contribution in [0.25, 0.3) is 0 Å². The van der Waals surface area contributed by atoms with Gasteiger partial charge in [-0.05, 0) is 38.5 Å². The Morgan fingerprint density at radius 1 is 1.06 bits per heavy atom. The second kappa shape index (κ2) is 5.94. The van der Waals surface area contributed by atoms with Crippen molar-refractivity contribution in [2.45, 2.75) is 84.7 Å². The van der Waals surface area contributed by atoms with Crippen LogP contribution in [0.2, 0.25) is 0 Å². The first kappa shape index (κ1) is 15.3. The molecule has 0 unspecified atom stereocenters. The molecule has 18 heavy (non-hydrogen) atoms. The van der Waals surface area contributed by atoms with Crippen LogP contribution < -0.4 is 10.6 Å². The van der Waals surface area contributed by atoms with Crippen molar-refractivity contribution in [3.05, 3.63) is 0 Å². The number of carbonyl (C=O) groups excluding carboxylic acids is 1. The third-order valence-corrected chi connectivity index (χ3v) is 3.36. The van der Waals surface area contributed by atoms with Crippen molar-refractivity contribution in [1.82, 2.24) is 10.6 Å². The van der Waals surface area contributed by atoms with E-state index in [0.29, 0.717) is 6.04 Å². The van der Waals surface area contributed by atoms with Crippen LogP contribution in [0.3, 0.4) is 0 Å². The van der Waals surface area contributed by atoms with Crippen molar-refractivity contribution in [2.75, 3.05) is 0 Å². The van der Waals surface area contributed by atoms with Crippen molar-refractivity contribution in [1.29, 1.82) is 0 Å². The summed E-state index contributed by atoms with van der Waals surface area (Å²) >= 11 is 0. The van der Waals surface area contributed by atoms with E-state index in [0.717, 1.165) is 19.3 Å². The average molecular weight is 254 g/mol. The highest BCUT2D eigenvalue weighted by molar-refractivity contribution is 5.75. The minimum Gasteiger partial charge on any atom is -0.335 e. The smallest absolute Gasteiger partial charge is 0.315 e. The van der Waals surface area contributed by atoms with E-state index in [1.54, 1.807) is 0 Å². The predicted octanol–water partition coefficient (Wildman–Crippen LogP) is 3.83. The molecule has 0 spiro atoms. The van der Waals surface area contributed by atoms with Crippen LogP contribution in [-0.2, 0) is 0 Å². The Morgan fingerprint density at radius 2 is 1.61 bits per heavy atom. The molecule has 0 aromatic carbocycles. The molecule has 0 aliphatic heterocycles. The zero-order valence-electron chi connectivity index (χ0n) is 12.7. The van der Waals surface area contributed by atoms with Gasteiger partial charge in [-0.2, -0.15) is 0 Å². The first-order valence-electron chi connectivity index (χ1n) is 7.27. The van der Waals surface area contributed by atoms with Crippen molar-refractivity contribution in [3.8, 4) is 0 Å². The Balaban J connectivity index is 2.38. The fourth-order valence-corrected chi connectivity index (χ4v) is 3.15. The summed E-state index contributed by atoms with van der Waals surface area (Å²) in [4.78, 5) is 12.0. The molecule has 1 aliphatic carbocycles. The lowest BCUT2D eigenvalue weighted by Crippen LogP contribution is -2.52. The molecule has 0 heterocycles. The van der Waals surface area contributed by atoms with Crippen LogP contribution in [0.15, 0.2) is 0 Å². The van der Waals surface area contributed by atoms with Crippen LogP contribution >= 0.6 is 0 Å². The minimum atomic E-state index is -0.156. The van der Waals surface area contributed by atoms with Gasteiger partial charge < -0.3 is 10.6 Å². The molecule has 1 rings (SSSR count). The van der Waals surface area contributed by atoms with Gasteiger partial charge >= 0.3 is 6.03 Å². The molecular formula is C15H30N2O. The second-order valence-corrected chi connectivity index (χ2v) is 7.55. The predicted molar refractivity (Wildman–Crippen MR) is 76.7 cm³/mol. The molecule has 3 heteroatoms. The lowest BCUT2D eigenvalue weighted by Gasteiger charge is -2.34. The van der Waals surface area contributed by atoms with Crippen LogP contribution in [0.5, 0.6) is 0 Å². The van der Waals surface area contributed by atoms with Crippen molar-refractivity contribution < 1.29 is 4.79 Å². The van der Waals surface area contributed by atoms with Crippen LogP contribution in [0.4, 0.5) is 4.79 Å². The van der Waals surface area contributed by atoms with Crippen molar-refractivity contribution in [3.63, 3.8) is 0 Å². The van der Waals surface area contributed by atoms with Gasteiger partial charge in [0.2, 0.25) is 0 Å². The zero-order chi connectivity index (χ0) is 13.8. The summed E-state index contributed by atoms with van der Waals surface area (Å²) in [5.74, 6) is 0. The van der Waals surface area contributed by atoms with Gasteiger partial charge in [0.05, 0.1) is 0 Å². The highest BCUT2D eigenvalue weighted by atomic mass is 16.2. The summed E-state index contributed by atoms with van der Waals surface area (Å²) in [5.41, 5.74) is 0.0681. The lowest BCUT2D eigenvalue weighted by molar-refractivity contribution is 0.204. The number of hydrogen-bond donors (Lipinski definition) is 2. The maximum Gasteiger partial charge on any atom is 0.315 e. The summed E-state index contributed by atoms with van der Waals surface area (Å²) in [6.07, 6.45) is 7.04. The van der Waals surface area contributed by atoms with E-state index in [4.69, 9.17) is 0 Å². The Kier molecular flexibility index (Phi) is 5.06. The molecule has 0 aromatic heterocycles. The van der Waals surface area contributed by atoms with Gasteiger partial charge in [0, 0.05) is 11.6 Å². The molecule has 0 bridgehead atoms. The van der Waals surface area contributed by atoms with Crippen molar-refractivity contribution >= 4 is 6.03 Å². The lowest BCUT2D eigenvalue weighted by atomic mass is 9.82. The molecule has 0 aromatic rings. The van der Waals surface area contributed by atoms with Gasteiger partial charge in [0.1, 0.15) is 0 Å². The van der Waals surface area contributed by atoms with E-state index < -0.39 is 0 Å². The maximum absolute atomic E-state index is 12.0.